The average molecular weight is 552 g/mol. The van der Waals surface area contributed by atoms with E-state index in [0.29, 0.717) is 35.3 Å². The molecular formula is C28H24F3N5O2S. The van der Waals surface area contributed by atoms with Crippen LogP contribution in [-0.2, 0) is 29.9 Å². The number of nitrogens with zero attached hydrogens (tertiary/aromatic N) is 4. The summed E-state index contributed by atoms with van der Waals surface area (Å²) in [6, 6.07) is 12.0. The van der Waals surface area contributed by atoms with Gasteiger partial charge >= 0.3 is 6.18 Å². The Morgan fingerprint density at radius 3 is 2.62 bits per heavy atom. The van der Waals surface area contributed by atoms with Crippen molar-refractivity contribution in [3.05, 3.63) is 82.8 Å². The fourth-order valence-electron chi connectivity index (χ4n) is 5.08. The fraction of sp³-hybridized carbons (Fsp3) is 0.286. The van der Waals surface area contributed by atoms with Gasteiger partial charge in [0.15, 0.2) is 0 Å². The molecule has 1 aromatic carbocycles. The number of thioether (sulfide) groups is 1. The van der Waals surface area contributed by atoms with Gasteiger partial charge in [0.05, 0.1) is 42.2 Å². The summed E-state index contributed by atoms with van der Waals surface area (Å²) in [7, 11) is 0. The van der Waals surface area contributed by atoms with E-state index >= 15 is 0 Å². The number of aromatic nitrogens is 3. The quantitative estimate of drug-likeness (QED) is 0.303. The number of rotatable bonds is 6. The molecule has 2 aliphatic rings. The lowest BCUT2D eigenvalue weighted by atomic mass is 10.0. The molecule has 11 heteroatoms. The van der Waals surface area contributed by atoms with Crippen LogP contribution >= 0.6 is 11.8 Å². The Kier molecular flexibility index (Phi) is 6.22. The molecule has 0 spiro atoms. The molecule has 0 saturated heterocycles. The highest BCUT2D eigenvalue weighted by molar-refractivity contribution is 7.98. The largest absolute Gasteiger partial charge is 0.399 e. The standard InChI is InChI=1S/C28H24F3N5O2S/c1-39-25-22(3-2-10-33-25)36(26(37)17-5-7-23(34-12-17)27(8-9-27)28(29,30)31)13-16-4-6-18-19-14-38-15-20(19)24(32)35-21(18)11-16/h2-7,10-12H,8-9,13-15H2,1H3,(H2,32,35). The average Bonchev–Trinajstić information content (AvgIpc) is 3.62. The number of benzene rings is 1. The third-order valence-corrected chi connectivity index (χ3v) is 8.11. The maximum absolute atomic E-state index is 13.8. The van der Waals surface area contributed by atoms with Gasteiger partial charge in [-0.05, 0) is 60.6 Å². The first kappa shape index (κ1) is 25.6. The summed E-state index contributed by atoms with van der Waals surface area (Å²) in [5.41, 5.74) is 8.41. The number of hydrogen-bond acceptors (Lipinski definition) is 7. The van der Waals surface area contributed by atoms with Crippen molar-refractivity contribution in [1.82, 2.24) is 15.0 Å². The molecule has 3 aromatic heterocycles. The number of alkyl halides is 3. The van der Waals surface area contributed by atoms with Crippen molar-refractivity contribution in [3.8, 4) is 0 Å². The number of nitrogen functional groups attached to an aromatic ring is 1. The second kappa shape index (κ2) is 9.49. The van der Waals surface area contributed by atoms with Crippen LogP contribution in [0.4, 0.5) is 24.7 Å². The highest BCUT2D eigenvalue weighted by Crippen LogP contribution is 2.58. The number of halogens is 3. The fourth-order valence-corrected chi connectivity index (χ4v) is 5.64. The Morgan fingerprint density at radius 1 is 1.13 bits per heavy atom. The molecule has 1 aliphatic heterocycles. The third-order valence-electron chi connectivity index (χ3n) is 7.41. The molecule has 6 rings (SSSR count). The Balaban J connectivity index is 1.37. The van der Waals surface area contributed by atoms with Gasteiger partial charge in [-0.2, -0.15) is 13.2 Å². The molecule has 7 nitrogen and oxygen atoms in total. The first-order valence-corrected chi connectivity index (χ1v) is 13.6. The van der Waals surface area contributed by atoms with E-state index < -0.39 is 17.5 Å². The van der Waals surface area contributed by atoms with E-state index in [-0.39, 0.29) is 30.6 Å². The zero-order valence-corrected chi connectivity index (χ0v) is 21.8. The zero-order valence-electron chi connectivity index (χ0n) is 21.0. The molecule has 39 heavy (non-hydrogen) atoms. The van der Waals surface area contributed by atoms with Crippen LogP contribution < -0.4 is 10.6 Å². The summed E-state index contributed by atoms with van der Waals surface area (Å²) in [5, 5.41) is 1.59. The van der Waals surface area contributed by atoms with Gasteiger partial charge in [-0.3, -0.25) is 9.78 Å². The number of ether oxygens (including phenoxy) is 1. The summed E-state index contributed by atoms with van der Waals surface area (Å²) in [6.07, 6.45) is 0.378. The predicted octanol–water partition coefficient (Wildman–Crippen LogP) is 5.80. The van der Waals surface area contributed by atoms with Gasteiger partial charge in [-0.1, -0.05) is 12.1 Å². The number of hydrogen-bond donors (Lipinski definition) is 1. The van der Waals surface area contributed by atoms with Crippen molar-refractivity contribution in [3.63, 3.8) is 0 Å². The minimum atomic E-state index is -4.37. The summed E-state index contributed by atoms with van der Waals surface area (Å²) < 4.78 is 46.3. The molecule has 0 bridgehead atoms. The van der Waals surface area contributed by atoms with Gasteiger partial charge in [0.1, 0.15) is 16.3 Å². The van der Waals surface area contributed by atoms with E-state index in [0.717, 1.165) is 22.1 Å². The van der Waals surface area contributed by atoms with Gasteiger partial charge in [-0.15, -0.1) is 11.8 Å². The molecule has 1 saturated carbocycles. The highest BCUT2D eigenvalue weighted by atomic mass is 32.2. The first-order valence-electron chi connectivity index (χ1n) is 12.3. The minimum absolute atomic E-state index is 0.00549. The van der Waals surface area contributed by atoms with Crippen LogP contribution in [0.15, 0.2) is 59.9 Å². The van der Waals surface area contributed by atoms with Crippen molar-refractivity contribution in [2.24, 2.45) is 0 Å². The molecule has 200 valence electrons. The molecule has 1 amide bonds. The van der Waals surface area contributed by atoms with Crippen molar-refractivity contribution in [2.45, 2.75) is 49.2 Å². The molecule has 0 unspecified atom stereocenters. The van der Waals surface area contributed by atoms with E-state index in [2.05, 4.69) is 15.0 Å². The number of nitrogens with two attached hydrogens (primary N) is 1. The Hall–Kier alpha value is -3.70. The number of carbonyl (C=O) groups is 1. The van der Waals surface area contributed by atoms with Crippen LogP contribution in [0.2, 0.25) is 0 Å². The highest BCUT2D eigenvalue weighted by Gasteiger charge is 2.65. The number of carbonyl (C=O) groups excluding carboxylic acids is 1. The Labute approximate surface area is 226 Å². The normalized spacial score (nSPS) is 15.8. The molecule has 1 fully saturated rings. The monoisotopic (exact) mass is 551 g/mol. The van der Waals surface area contributed by atoms with Crippen molar-refractivity contribution < 1.29 is 22.7 Å². The number of anilines is 2. The van der Waals surface area contributed by atoms with Gasteiger partial charge in [-0.25, -0.2) is 9.97 Å². The maximum Gasteiger partial charge on any atom is 0.399 e. The maximum atomic E-state index is 13.8. The van der Waals surface area contributed by atoms with Gasteiger partial charge < -0.3 is 15.4 Å². The van der Waals surface area contributed by atoms with Crippen LogP contribution in [0.5, 0.6) is 0 Å². The van der Waals surface area contributed by atoms with Crippen LogP contribution in [0.3, 0.4) is 0 Å². The van der Waals surface area contributed by atoms with Crippen LogP contribution in [0.1, 0.15) is 45.6 Å². The topological polar surface area (TPSA) is 94.2 Å². The van der Waals surface area contributed by atoms with Crippen LogP contribution in [-0.4, -0.2) is 33.3 Å². The second-order valence-corrected chi connectivity index (χ2v) is 10.5. The molecule has 4 aromatic rings. The van der Waals surface area contributed by atoms with Crippen LogP contribution in [0.25, 0.3) is 10.9 Å². The van der Waals surface area contributed by atoms with Crippen molar-refractivity contribution >= 4 is 40.1 Å². The van der Waals surface area contributed by atoms with E-state index in [1.165, 1.54) is 30.1 Å². The molecule has 4 heterocycles. The Morgan fingerprint density at radius 2 is 1.92 bits per heavy atom. The summed E-state index contributed by atoms with van der Waals surface area (Å²) >= 11 is 1.39. The smallest absolute Gasteiger partial charge is 0.383 e. The van der Waals surface area contributed by atoms with Gasteiger partial charge in [0.25, 0.3) is 5.91 Å². The van der Waals surface area contributed by atoms with Gasteiger partial charge in [0, 0.05) is 23.3 Å². The third kappa shape index (κ3) is 4.39. The van der Waals surface area contributed by atoms with Crippen molar-refractivity contribution in [2.75, 3.05) is 16.9 Å². The van der Waals surface area contributed by atoms with E-state index in [1.54, 1.807) is 23.2 Å². The van der Waals surface area contributed by atoms with E-state index in [9.17, 15) is 18.0 Å². The van der Waals surface area contributed by atoms with Crippen molar-refractivity contribution in [1.29, 1.82) is 0 Å². The number of fused-ring (bicyclic) bond motifs is 3. The first-order chi connectivity index (χ1) is 18.7. The van der Waals surface area contributed by atoms with Crippen LogP contribution in [0, 0.1) is 0 Å². The van der Waals surface area contributed by atoms with E-state index in [4.69, 9.17) is 10.5 Å². The number of amides is 1. The van der Waals surface area contributed by atoms with E-state index in [1.807, 2.05) is 24.5 Å². The molecule has 2 N–H and O–H groups in total. The molecule has 0 radical (unpaired) electrons. The summed E-state index contributed by atoms with van der Waals surface area (Å²) in [6.45, 7) is 1.08. The second-order valence-electron chi connectivity index (χ2n) is 9.73. The lowest BCUT2D eigenvalue weighted by Gasteiger charge is -2.25. The van der Waals surface area contributed by atoms with Gasteiger partial charge in [0.2, 0.25) is 0 Å². The molecule has 1 aliphatic carbocycles. The predicted molar refractivity (Wildman–Crippen MR) is 142 cm³/mol. The zero-order chi connectivity index (χ0) is 27.4. The lowest BCUT2D eigenvalue weighted by Crippen LogP contribution is -2.32. The molecular weight excluding hydrogens is 527 g/mol. The Bertz CT molecular complexity index is 1590. The summed E-state index contributed by atoms with van der Waals surface area (Å²) in [5.74, 6) is 0.0274. The minimum Gasteiger partial charge on any atom is -0.383 e. The number of pyridine rings is 3. The summed E-state index contributed by atoms with van der Waals surface area (Å²) in [4.78, 5) is 28.4. The lowest BCUT2D eigenvalue weighted by molar-refractivity contribution is -0.161. The SMILES string of the molecule is CSc1ncccc1N(Cc1ccc2c3c(c(N)nc2c1)COC3)C(=O)c1ccc(C2(C(F)(F)F)CC2)nc1. The molecule has 0 atom stereocenters.